The van der Waals surface area contributed by atoms with Gasteiger partial charge in [-0.1, -0.05) is 0 Å². The number of benzene rings is 1. The number of halogens is 2. The van der Waals surface area contributed by atoms with E-state index < -0.39 is 0 Å². The van der Waals surface area contributed by atoms with Crippen molar-refractivity contribution in [2.45, 2.75) is 25.4 Å². The molecule has 0 bridgehead atoms. The summed E-state index contributed by atoms with van der Waals surface area (Å²) in [6, 6.07) is 9.54. The number of hydrogen-bond donors (Lipinski definition) is 3. The van der Waals surface area contributed by atoms with E-state index in [9.17, 15) is 9.18 Å². The molecular formula is C19H23FIN5O2. The molecule has 1 aromatic heterocycles. The average Bonchev–Trinajstić information content (AvgIpc) is 2.69. The Morgan fingerprint density at radius 3 is 2.79 bits per heavy atom. The van der Waals surface area contributed by atoms with Crippen LogP contribution in [0.2, 0.25) is 0 Å². The van der Waals surface area contributed by atoms with Crippen molar-refractivity contribution in [1.82, 2.24) is 20.9 Å². The van der Waals surface area contributed by atoms with Crippen LogP contribution in [-0.4, -0.2) is 36.5 Å². The molecule has 1 aliphatic heterocycles. The zero-order chi connectivity index (χ0) is 19.1. The third kappa shape index (κ3) is 6.63. The lowest BCUT2D eigenvalue weighted by molar-refractivity contribution is -0.122. The second-order valence-corrected chi connectivity index (χ2v) is 6.15. The Labute approximate surface area is 180 Å². The van der Waals surface area contributed by atoms with Gasteiger partial charge in [-0.25, -0.2) is 4.39 Å². The molecule has 0 spiro atoms. The van der Waals surface area contributed by atoms with Crippen LogP contribution in [0.4, 0.5) is 4.39 Å². The molecule has 7 nitrogen and oxygen atoms in total. The Balaban J connectivity index is 0.00000280. The summed E-state index contributed by atoms with van der Waals surface area (Å²) in [5.41, 5.74) is 0.773. The van der Waals surface area contributed by atoms with Gasteiger partial charge in [0.15, 0.2) is 5.96 Å². The first-order chi connectivity index (χ1) is 13.1. The zero-order valence-corrected chi connectivity index (χ0v) is 17.8. The fourth-order valence-corrected chi connectivity index (χ4v) is 2.67. The number of nitrogens with zero attached hydrogens (tertiary/aromatic N) is 2. The Hall–Kier alpha value is -2.43. The molecule has 28 heavy (non-hydrogen) atoms. The van der Waals surface area contributed by atoms with Crippen LogP contribution in [-0.2, 0) is 11.3 Å². The van der Waals surface area contributed by atoms with E-state index in [1.54, 1.807) is 31.4 Å². The number of guanidine groups is 1. The Morgan fingerprint density at radius 1 is 1.32 bits per heavy atom. The van der Waals surface area contributed by atoms with Crippen LogP contribution in [0.25, 0.3) is 0 Å². The van der Waals surface area contributed by atoms with E-state index in [0.29, 0.717) is 37.0 Å². The summed E-state index contributed by atoms with van der Waals surface area (Å²) in [5.74, 6) is 1.59. The van der Waals surface area contributed by atoms with Gasteiger partial charge in [0.25, 0.3) is 0 Å². The molecule has 1 atom stereocenters. The van der Waals surface area contributed by atoms with Gasteiger partial charge in [0.05, 0.1) is 12.2 Å². The summed E-state index contributed by atoms with van der Waals surface area (Å²) in [7, 11) is 1.69. The first-order valence-corrected chi connectivity index (χ1v) is 8.74. The number of aromatic nitrogens is 1. The van der Waals surface area contributed by atoms with Crippen LogP contribution >= 0.6 is 24.0 Å². The molecule has 1 aliphatic rings. The summed E-state index contributed by atoms with van der Waals surface area (Å²) in [6.45, 7) is 1.04. The van der Waals surface area contributed by atoms with Crippen LogP contribution in [0.1, 0.15) is 18.5 Å². The standard InChI is InChI=1S/C19H22FN5O2.HI/c1-21-19(25-14-4-7-18(26)23-11-14)24-12-15-10-17(8-9-22-15)27-16-5-2-13(20)3-6-16;/h2-3,5-6,8-10,14H,4,7,11-12H2,1H3,(H,23,26)(H2,21,24,25);1H. The fraction of sp³-hybridized carbons (Fsp3) is 0.316. The predicted molar refractivity (Wildman–Crippen MR) is 115 cm³/mol. The maximum absolute atomic E-state index is 13.0. The number of rotatable bonds is 5. The molecule has 3 rings (SSSR count). The van der Waals surface area contributed by atoms with Gasteiger partial charge in [-0.2, -0.15) is 0 Å². The molecule has 1 aromatic carbocycles. The van der Waals surface area contributed by atoms with E-state index >= 15 is 0 Å². The normalized spacial score (nSPS) is 16.6. The van der Waals surface area contributed by atoms with Crippen LogP contribution < -0.4 is 20.7 Å². The topological polar surface area (TPSA) is 87.6 Å². The van der Waals surface area contributed by atoms with Gasteiger partial charge >= 0.3 is 0 Å². The molecule has 1 saturated heterocycles. The molecule has 1 unspecified atom stereocenters. The molecule has 0 aliphatic carbocycles. The molecular weight excluding hydrogens is 476 g/mol. The fourth-order valence-electron chi connectivity index (χ4n) is 2.67. The number of piperidine rings is 1. The Morgan fingerprint density at radius 2 is 2.11 bits per heavy atom. The van der Waals surface area contributed by atoms with Crippen molar-refractivity contribution in [3.05, 3.63) is 54.1 Å². The molecule has 0 saturated carbocycles. The van der Waals surface area contributed by atoms with Gasteiger partial charge in [-0.15, -0.1) is 24.0 Å². The number of ether oxygens (including phenoxy) is 1. The predicted octanol–water partition coefficient (Wildman–Crippen LogP) is 2.57. The van der Waals surface area contributed by atoms with E-state index in [1.807, 2.05) is 6.07 Å². The van der Waals surface area contributed by atoms with Crippen molar-refractivity contribution < 1.29 is 13.9 Å². The second kappa shape index (κ2) is 10.8. The monoisotopic (exact) mass is 499 g/mol. The molecule has 2 aromatic rings. The molecule has 150 valence electrons. The highest BCUT2D eigenvalue weighted by Crippen LogP contribution is 2.21. The van der Waals surface area contributed by atoms with E-state index in [-0.39, 0.29) is 41.7 Å². The Bertz CT molecular complexity index is 806. The van der Waals surface area contributed by atoms with E-state index in [2.05, 4.69) is 25.9 Å². The lowest BCUT2D eigenvalue weighted by Crippen LogP contribution is -2.51. The highest BCUT2D eigenvalue weighted by molar-refractivity contribution is 14.0. The number of amides is 1. The van der Waals surface area contributed by atoms with Crippen molar-refractivity contribution in [1.29, 1.82) is 0 Å². The largest absolute Gasteiger partial charge is 0.457 e. The maximum atomic E-state index is 13.0. The van der Waals surface area contributed by atoms with Gasteiger partial charge < -0.3 is 20.7 Å². The molecule has 1 fully saturated rings. The number of hydrogen-bond acceptors (Lipinski definition) is 4. The third-order valence-electron chi connectivity index (χ3n) is 4.10. The summed E-state index contributed by atoms with van der Waals surface area (Å²) in [4.78, 5) is 19.7. The SMILES string of the molecule is CN=C(NCc1cc(Oc2ccc(F)cc2)ccn1)NC1CCC(=O)NC1.I. The van der Waals surface area contributed by atoms with E-state index in [4.69, 9.17) is 4.74 Å². The van der Waals surface area contributed by atoms with Crippen LogP contribution in [0.3, 0.4) is 0 Å². The summed E-state index contributed by atoms with van der Waals surface area (Å²) >= 11 is 0. The minimum Gasteiger partial charge on any atom is -0.457 e. The molecule has 3 N–H and O–H groups in total. The second-order valence-electron chi connectivity index (χ2n) is 6.15. The maximum Gasteiger partial charge on any atom is 0.220 e. The van der Waals surface area contributed by atoms with Gasteiger partial charge in [-0.05, 0) is 36.8 Å². The van der Waals surface area contributed by atoms with Crippen LogP contribution in [0.15, 0.2) is 47.6 Å². The summed E-state index contributed by atoms with van der Waals surface area (Å²) in [6.07, 6.45) is 2.94. The highest BCUT2D eigenvalue weighted by atomic mass is 127. The quantitative estimate of drug-likeness (QED) is 0.335. The van der Waals surface area contributed by atoms with Crippen molar-refractivity contribution in [2.24, 2.45) is 4.99 Å². The first-order valence-electron chi connectivity index (χ1n) is 8.74. The van der Waals surface area contributed by atoms with Crippen LogP contribution in [0.5, 0.6) is 11.5 Å². The zero-order valence-electron chi connectivity index (χ0n) is 15.4. The molecule has 9 heteroatoms. The number of pyridine rings is 1. The minimum atomic E-state index is -0.307. The van der Waals surface area contributed by atoms with Gasteiger partial charge in [0.2, 0.25) is 5.91 Å². The van der Waals surface area contributed by atoms with E-state index in [1.165, 1.54) is 12.1 Å². The van der Waals surface area contributed by atoms with Gasteiger partial charge in [0.1, 0.15) is 17.3 Å². The molecule has 0 radical (unpaired) electrons. The lowest BCUT2D eigenvalue weighted by atomic mass is 10.1. The smallest absolute Gasteiger partial charge is 0.220 e. The van der Waals surface area contributed by atoms with Crippen molar-refractivity contribution in [3.8, 4) is 11.5 Å². The summed E-state index contributed by atoms with van der Waals surface area (Å²) < 4.78 is 18.7. The third-order valence-corrected chi connectivity index (χ3v) is 4.10. The van der Waals surface area contributed by atoms with E-state index in [0.717, 1.165) is 12.1 Å². The minimum absolute atomic E-state index is 0. The summed E-state index contributed by atoms with van der Waals surface area (Å²) in [5, 5.41) is 9.32. The average molecular weight is 499 g/mol. The number of carbonyl (C=O) groups excluding carboxylic acids is 1. The lowest BCUT2D eigenvalue weighted by Gasteiger charge is -2.25. The molecule has 2 heterocycles. The number of aliphatic imine (C=N–C) groups is 1. The number of carbonyl (C=O) groups is 1. The van der Waals surface area contributed by atoms with Gasteiger partial charge in [0, 0.05) is 38.3 Å². The van der Waals surface area contributed by atoms with Crippen LogP contribution in [0, 0.1) is 5.82 Å². The van der Waals surface area contributed by atoms with Crippen molar-refractivity contribution >= 4 is 35.8 Å². The van der Waals surface area contributed by atoms with Gasteiger partial charge in [-0.3, -0.25) is 14.8 Å². The number of nitrogens with one attached hydrogen (secondary N) is 3. The van der Waals surface area contributed by atoms with Crippen molar-refractivity contribution in [3.63, 3.8) is 0 Å². The molecule has 1 amide bonds. The highest BCUT2D eigenvalue weighted by Gasteiger charge is 2.18. The first kappa shape index (κ1) is 21.9. The Kier molecular flexibility index (Phi) is 8.42. The van der Waals surface area contributed by atoms with Crippen molar-refractivity contribution in [2.75, 3.05) is 13.6 Å².